The second kappa shape index (κ2) is 8.02. The molecule has 5 nitrogen and oxygen atoms in total. The minimum absolute atomic E-state index is 0.0432. The summed E-state index contributed by atoms with van der Waals surface area (Å²) in [6.07, 6.45) is -4.17. The molecule has 2 amide bonds. The molecule has 160 valence electrons. The highest BCUT2D eigenvalue weighted by Crippen LogP contribution is 2.39. The molecule has 1 aliphatic carbocycles. The summed E-state index contributed by atoms with van der Waals surface area (Å²) < 4.78 is 38.8. The van der Waals surface area contributed by atoms with Gasteiger partial charge in [0.25, 0.3) is 0 Å². The van der Waals surface area contributed by atoms with Crippen LogP contribution in [0, 0.1) is 5.92 Å². The molecule has 0 saturated heterocycles. The molecule has 4 rings (SSSR count). The van der Waals surface area contributed by atoms with Crippen LogP contribution in [0.3, 0.4) is 0 Å². The lowest BCUT2D eigenvalue weighted by Crippen LogP contribution is -2.43. The molecule has 2 aliphatic rings. The van der Waals surface area contributed by atoms with Crippen LogP contribution < -0.4 is 10.6 Å². The van der Waals surface area contributed by atoms with Gasteiger partial charge in [-0.1, -0.05) is 36.4 Å². The van der Waals surface area contributed by atoms with Gasteiger partial charge in [-0.05, 0) is 36.1 Å². The minimum atomic E-state index is -4.55. The van der Waals surface area contributed by atoms with Crippen molar-refractivity contribution >= 4 is 23.3 Å². The number of ketones is 1. The van der Waals surface area contributed by atoms with Crippen LogP contribution in [0.25, 0.3) is 0 Å². The number of carbonyl (C=O) groups is 3. The average Bonchev–Trinajstić information content (AvgIpc) is 2.73. The van der Waals surface area contributed by atoms with Crippen molar-refractivity contribution < 1.29 is 27.6 Å². The summed E-state index contributed by atoms with van der Waals surface area (Å²) in [5.41, 5.74) is 0.693. The maximum Gasteiger partial charge on any atom is 0.416 e. The normalized spacial score (nSPS) is 21.4. The maximum absolute atomic E-state index is 12.9. The van der Waals surface area contributed by atoms with Gasteiger partial charge in [0.2, 0.25) is 11.8 Å². The van der Waals surface area contributed by atoms with E-state index < -0.39 is 29.5 Å². The van der Waals surface area contributed by atoms with Crippen molar-refractivity contribution in [2.24, 2.45) is 5.92 Å². The molecule has 8 heteroatoms. The van der Waals surface area contributed by atoms with Crippen LogP contribution in [0.4, 0.5) is 18.9 Å². The molecule has 2 atom stereocenters. The smallest absolute Gasteiger partial charge is 0.329 e. The van der Waals surface area contributed by atoms with Crippen molar-refractivity contribution in [2.75, 3.05) is 5.32 Å². The van der Waals surface area contributed by atoms with E-state index in [2.05, 4.69) is 10.6 Å². The first-order valence-corrected chi connectivity index (χ1v) is 9.81. The highest BCUT2D eigenvalue weighted by atomic mass is 19.4. The lowest BCUT2D eigenvalue weighted by atomic mass is 9.75. The number of halogens is 3. The summed E-state index contributed by atoms with van der Waals surface area (Å²) in [6, 6.07) is 13.7. The summed E-state index contributed by atoms with van der Waals surface area (Å²) in [5, 5.41) is 5.15. The molecule has 2 aromatic carbocycles. The van der Waals surface area contributed by atoms with Gasteiger partial charge in [-0.25, -0.2) is 0 Å². The number of benzene rings is 2. The van der Waals surface area contributed by atoms with E-state index in [-0.39, 0.29) is 35.8 Å². The fourth-order valence-corrected chi connectivity index (χ4v) is 4.15. The number of rotatable bonds is 3. The van der Waals surface area contributed by atoms with Crippen LogP contribution in [0.1, 0.15) is 36.3 Å². The fourth-order valence-electron chi connectivity index (χ4n) is 4.15. The van der Waals surface area contributed by atoms with Gasteiger partial charge in [-0.15, -0.1) is 0 Å². The number of allylic oxidation sites excluding steroid dienone is 1. The highest BCUT2D eigenvalue weighted by molar-refractivity contribution is 6.09. The van der Waals surface area contributed by atoms with E-state index in [0.29, 0.717) is 12.1 Å². The van der Waals surface area contributed by atoms with Crippen LogP contribution in [-0.4, -0.2) is 17.6 Å². The summed E-state index contributed by atoms with van der Waals surface area (Å²) in [4.78, 5) is 38.0. The third kappa shape index (κ3) is 4.38. The molecular weight excluding hydrogens is 409 g/mol. The summed E-state index contributed by atoms with van der Waals surface area (Å²) in [6.45, 7) is 0. The van der Waals surface area contributed by atoms with Crippen molar-refractivity contribution in [2.45, 2.75) is 31.4 Å². The predicted octanol–water partition coefficient (Wildman–Crippen LogP) is 4.18. The number of hydrogen-bond acceptors (Lipinski definition) is 3. The van der Waals surface area contributed by atoms with Gasteiger partial charge in [0.05, 0.1) is 11.5 Å². The SMILES string of the molecule is O=C1CC(C(=O)Nc2cccc(C(F)(F)F)c2)C2=C(CC(c3ccccc3)CC2=O)N1. The van der Waals surface area contributed by atoms with E-state index in [1.165, 1.54) is 12.1 Å². The van der Waals surface area contributed by atoms with E-state index in [1.807, 2.05) is 30.3 Å². The second-order valence-corrected chi connectivity index (χ2v) is 7.70. The molecule has 2 unspecified atom stereocenters. The molecule has 2 N–H and O–H groups in total. The van der Waals surface area contributed by atoms with Crippen LogP contribution in [-0.2, 0) is 20.6 Å². The summed E-state index contributed by atoms with van der Waals surface area (Å²) >= 11 is 0. The number of Topliss-reactive ketones (excluding diaryl/α,β-unsaturated/α-hetero) is 1. The Balaban J connectivity index is 1.59. The molecular formula is C23H19F3N2O3. The lowest BCUT2D eigenvalue weighted by molar-refractivity contribution is -0.137. The summed E-state index contributed by atoms with van der Waals surface area (Å²) in [5.74, 6) is -2.46. The summed E-state index contributed by atoms with van der Waals surface area (Å²) in [7, 11) is 0. The molecule has 0 spiro atoms. The van der Waals surface area contributed by atoms with Crippen LogP contribution in [0.2, 0.25) is 0 Å². The standard InChI is InChI=1S/C23H19F3N2O3/c24-23(25,26)15-7-4-8-16(11-15)27-22(31)17-12-20(30)28-18-9-14(10-19(29)21(17)18)13-5-2-1-3-6-13/h1-8,11,14,17H,9-10,12H2,(H,27,31)(H,28,30). The molecule has 0 saturated carbocycles. The number of carbonyl (C=O) groups excluding carboxylic acids is 3. The van der Waals surface area contributed by atoms with E-state index in [1.54, 1.807) is 0 Å². The largest absolute Gasteiger partial charge is 0.416 e. The number of alkyl halides is 3. The van der Waals surface area contributed by atoms with E-state index >= 15 is 0 Å². The molecule has 0 aromatic heterocycles. The Morgan fingerprint density at radius 2 is 1.71 bits per heavy atom. The van der Waals surface area contributed by atoms with Crippen molar-refractivity contribution in [3.8, 4) is 0 Å². The Bertz CT molecular complexity index is 1080. The van der Waals surface area contributed by atoms with Gasteiger partial charge < -0.3 is 10.6 Å². The lowest BCUT2D eigenvalue weighted by Gasteiger charge is -2.33. The first kappa shape index (κ1) is 20.8. The van der Waals surface area contributed by atoms with Crippen LogP contribution in [0.15, 0.2) is 65.9 Å². The highest BCUT2D eigenvalue weighted by Gasteiger charge is 2.40. The van der Waals surface area contributed by atoms with Crippen molar-refractivity contribution in [3.05, 3.63) is 77.0 Å². The fraction of sp³-hybridized carbons (Fsp3) is 0.261. The van der Waals surface area contributed by atoms with Crippen LogP contribution in [0.5, 0.6) is 0 Å². The average molecular weight is 428 g/mol. The molecule has 1 heterocycles. The zero-order valence-electron chi connectivity index (χ0n) is 16.3. The van der Waals surface area contributed by atoms with Crippen LogP contribution >= 0.6 is 0 Å². The van der Waals surface area contributed by atoms with E-state index in [9.17, 15) is 27.6 Å². The third-order valence-corrected chi connectivity index (χ3v) is 5.58. The molecule has 31 heavy (non-hydrogen) atoms. The van der Waals surface area contributed by atoms with Crippen molar-refractivity contribution in [1.29, 1.82) is 0 Å². The molecule has 0 bridgehead atoms. The Labute approximate surface area is 176 Å². The van der Waals surface area contributed by atoms with Crippen molar-refractivity contribution in [1.82, 2.24) is 5.32 Å². The quantitative estimate of drug-likeness (QED) is 0.770. The number of nitrogens with one attached hydrogen (secondary N) is 2. The van der Waals surface area contributed by atoms with Gasteiger partial charge in [-0.2, -0.15) is 13.2 Å². The molecule has 1 aliphatic heterocycles. The number of amides is 2. The Morgan fingerprint density at radius 3 is 2.42 bits per heavy atom. The molecule has 2 aromatic rings. The second-order valence-electron chi connectivity index (χ2n) is 7.70. The number of anilines is 1. The molecule has 0 radical (unpaired) electrons. The Hall–Kier alpha value is -3.42. The zero-order chi connectivity index (χ0) is 22.2. The zero-order valence-corrected chi connectivity index (χ0v) is 16.3. The van der Waals surface area contributed by atoms with Gasteiger partial charge in [0, 0.05) is 29.8 Å². The van der Waals surface area contributed by atoms with Gasteiger partial charge in [-0.3, -0.25) is 14.4 Å². The first-order chi connectivity index (χ1) is 14.7. The number of hydrogen-bond donors (Lipinski definition) is 2. The molecule has 0 fully saturated rings. The Kier molecular flexibility index (Phi) is 5.39. The third-order valence-electron chi connectivity index (χ3n) is 5.58. The maximum atomic E-state index is 12.9. The topological polar surface area (TPSA) is 75.3 Å². The van der Waals surface area contributed by atoms with Gasteiger partial charge in [0.15, 0.2) is 5.78 Å². The predicted molar refractivity (Wildman–Crippen MR) is 107 cm³/mol. The monoisotopic (exact) mass is 428 g/mol. The van der Waals surface area contributed by atoms with E-state index in [4.69, 9.17) is 0 Å². The van der Waals surface area contributed by atoms with Gasteiger partial charge >= 0.3 is 6.18 Å². The van der Waals surface area contributed by atoms with Crippen molar-refractivity contribution in [3.63, 3.8) is 0 Å². The Morgan fingerprint density at radius 1 is 0.968 bits per heavy atom. The van der Waals surface area contributed by atoms with Gasteiger partial charge in [0.1, 0.15) is 0 Å². The van der Waals surface area contributed by atoms with E-state index in [0.717, 1.165) is 17.7 Å². The minimum Gasteiger partial charge on any atom is -0.329 e. The first-order valence-electron chi connectivity index (χ1n) is 9.81.